The molecule has 1 amide bonds. The first-order valence-electron chi connectivity index (χ1n) is 11.8. The summed E-state index contributed by atoms with van der Waals surface area (Å²) >= 11 is 5.66. The molecule has 192 valence electrons. The Morgan fingerprint density at radius 2 is 1.71 bits per heavy atom. The lowest BCUT2D eigenvalue weighted by Gasteiger charge is -2.40. The minimum absolute atomic E-state index is 0.00322. The minimum Gasteiger partial charge on any atom is -0.491 e. The van der Waals surface area contributed by atoms with Crippen molar-refractivity contribution in [1.82, 2.24) is 10.6 Å². The number of aryl methyl sites for hydroxylation is 1. The van der Waals surface area contributed by atoms with Crippen molar-refractivity contribution >= 4 is 17.5 Å². The highest BCUT2D eigenvalue weighted by Crippen LogP contribution is 2.29. The van der Waals surface area contributed by atoms with Crippen LogP contribution in [0.5, 0.6) is 11.5 Å². The van der Waals surface area contributed by atoms with Gasteiger partial charge >= 0.3 is 0 Å². The summed E-state index contributed by atoms with van der Waals surface area (Å²) in [4.78, 5) is 12.4. The van der Waals surface area contributed by atoms with Gasteiger partial charge in [-0.2, -0.15) is 0 Å². The van der Waals surface area contributed by atoms with Crippen LogP contribution in [0.3, 0.4) is 0 Å². The van der Waals surface area contributed by atoms with E-state index in [1.807, 2.05) is 0 Å². The fourth-order valence-electron chi connectivity index (χ4n) is 4.46. The van der Waals surface area contributed by atoms with Gasteiger partial charge in [0.2, 0.25) is 0 Å². The van der Waals surface area contributed by atoms with Crippen molar-refractivity contribution in [3.8, 4) is 11.5 Å². The van der Waals surface area contributed by atoms with Gasteiger partial charge in [0.1, 0.15) is 35.8 Å². The van der Waals surface area contributed by atoms with Crippen LogP contribution in [0.15, 0.2) is 36.4 Å². The molecule has 2 aromatic carbocycles. The Kier molecular flexibility index (Phi) is 9.71. The highest BCUT2D eigenvalue weighted by atomic mass is 35.5. The Morgan fingerprint density at radius 1 is 1.09 bits per heavy atom. The molecule has 2 aromatic rings. The number of hydrogen-bond donors (Lipinski definition) is 3. The molecule has 1 aliphatic carbocycles. The molecular formula is C26H33ClF2N2O4. The number of amides is 1. The van der Waals surface area contributed by atoms with Crippen molar-refractivity contribution in [1.29, 1.82) is 0 Å². The summed E-state index contributed by atoms with van der Waals surface area (Å²) in [6.07, 6.45) is 0.919. The van der Waals surface area contributed by atoms with Crippen molar-refractivity contribution in [2.24, 2.45) is 11.8 Å². The lowest BCUT2D eigenvalue weighted by Crippen LogP contribution is -2.53. The summed E-state index contributed by atoms with van der Waals surface area (Å²) in [5, 5.41) is 16.7. The Labute approximate surface area is 210 Å². The first kappa shape index (κ1) is 27.2. The van der Waals surface area contributed by atoms with Gasteiger partial charge in [-0.3, -0.25) is 4.79 Å². The number of rotatable bonds is 10. The van der Waals surface area contributed by atoms with Gasteiger partial charge in [0.15, 0.2) is 6.61 Å². The van der Waals surface area contributed by atoms with Gasteiger partial charge in [-0.25, -0.2) is 8.78 Å². The van der Waals surface area contributed by atoms with Crippen molar-refractivity contribution in [2.45, 2.75) is 51.8 Å². The standard InChI is InChI=1S/C26H33ClF2N2O4/c1-15-4-5-20(10-23(15)28)34-13-19(32)12-30-18-8-16(2)26(17(3)9-18)31-25(33)14-35-21-6-7-22(27)24(29)11-21/h4-7,10-11,16-19,26,30,32H,8-9,12-14H2,1-3H3,(H,31,33). The number of carbonyl (C=O) groups is 1. The number of halogens is 3. The molecule has 0 bridgehead atoms. The topological polar surface area (TPSA) is 79.8 Å². The van der Waals surface area contributed by atoms with Crippen molar-refractivity contribution < 1.29 is 28.2 Å². The maximum Gasteiger partial charge on any atom is 0.258 e. The van der Waals surface area contributed by atoms with Crippen molar-refractivity contribution in [2.75, 3.05) is 19.8 Å². The van der Waals surface area contributed by atoms with E-state index in [2.05, 4.69) is 24.5 Å². The molecule has 0 aromatic heterocycles. The molecule has 3 rings (SSSR count). The van der Waals surface area contributed by atoms with E-state index in [9.17, 15) is 18.7 Å². The van der Waals surface area contributed by atoms with Crippen LogP contribution in [-0.2, 0) is 4.79 Å². The predicted molar refractivity (Wildman–Crippen MR) is 131 cm³/mol. The van der Waals surface area contributed by atoms with Crippen LogP contribution in [0.4, 0.5) is 8.78 Å². The second-order valence-electron chi connectivity index (χ2n) is 9.36. The maximum atomic E-state index is 13.6. The smallest absolute Gasteiger partial charge is 0.258 e. The number of aliphatic hydroxyl groups excluding tert-OH is 1. The molecule has 0 heterocycles. The number of hydrogen-bond acceptors (Lipinski definition) is 5. The van der Waals surface area contributed by atoms with E-state index in [0.29, 0.717) is 17.9 Å². The second kappa shape index (κ2) is 12.5. The molecule has 35 heavy (non-hydrogen) atoms. The zero-order valence-corrected chi connectivity index (χ0v) is 20.9. The molecule has 6 nitrogen and oxygen atoms in total. The molecule has 1 fully saturated rings. The van der Waals surface area contributed by atoms with Crippen LogP contribution >= 0.6 is 11.6 Å². The Balaban J connectivity index is 1.39. The molecule has 1 aliphatic rings. The minimum atomic E-state index is -0.739. The van der Waals surface area contributed by atoms with Crippen LogP contribution in [0, 0.1) is 30.4 Å². The summed E-state index contributed by atoms with van der Waals surface area (Å²) in [5.74, 6) is -0.169. The summed E-state index contributed by atoms with van der Waals surface area (Å²) in [6.45, 7) is 6.03. The average Bonchev–Trinajstić information content (AvgIpc) is 2.81. The lowest BCUT2D eigenvalue weighted by molar-refractivity contribution is -0.124. The molecule has 0 saturated heterocycles. The van der Waals surface area contributed by atoms with Crippen LogP contribution in [-0.4, -0.2) is 49.0 Å². The number of carbonyl (C=O) groups excluding carboxylic acids is 1. The molecule has 3 atom stereocenters. The molecule has 9 heteroatoms. The van der Waals surface area contributed by atoms with E-state index in [0.717, 1.165) is 18.9 Å². The van der Waals surface area contributed by atoms with Crippen LogP contribution in [0.2, 0.25) is 5.02 Å². The van der Waals surface area contributed by atoms with Gasteiger partial charge in [0.25, 0.3) is 5.91 Å². The molecular weight excluding hydrogens is 478 g/mol. The fraction of sp³-hybridized carbons (Fsp3) is 0.500. The first-order chi connectivity index (χ1) is 16.6. The summed E-state index contributed by atoms with van der Waals surface area (Å²) in [7, 11) is 0. The number of aliphatic hydroxyl groups is 1. The molecule has 3 N–H and O–H groups in total. The number of nitrogens with one attached hydrogen (secondary N) is 2. The van der Waals surface area contributed by atoms with E-state index < -0.39 is 11.9 Å². The van der Waals surface area contributed by atoms with Gasteiger partial charge in [0, 0.05) is 30.8 Å². The highest BCUT2D eigenvalue weighted by Gasteiger charge is 2.34. The third-order valence-electron chi connectivity index (χ3n) is 6.36. The van der Waals surface area contributed by atoms with Gasteiger partial charge < -0.3 is 25.2 Å². The predicted octanol–water partition coefficient (Wildman–Crippen LogP) is 4.25. The van der Waals surface area contributed by atoms with E-state index >= 15 is 0 Å². The fourth-order valence-corrected chi connectivity index (χ4v) is 4.58. The first-order valence-corrected chi connectivity index (χ1v) is 12.2. The zero-order valence-electron chi connectivity index (χ0n) is 20.2. The van der Waals surface area contributed by atoms with Gasteiger partial charge in [-0.05, 0) is 55.4 Å². The Bertz CT molecular complexity index is 997. The normalized spacial score (nSPS) is 22.9. The largest absolute Gasteiger partial charge is 0.491 e. The van der Waals surface area contributed by atoms with E-state index in [-0.39, 0.29) is 59.6 Å². The van der Waals surface area contributed by atoms with E-state index in [4.69, 9.17) is 21.1 Å². The molecule has 0 aliphatic heterocycles. The number of ether oxygens (including phenoxy) is 2. The summed E-state index contributed by atoms with van der Waals surface area (Å²) < 4.78 is 38.0. The van der Waals surface area contributed by atoms with E-state index in [1.54, 1.807) is 19.1 Å². The summed E-state index contributed by atoms with van der Waals surface area (Å²) in [6, 6.07) is 8.84. The molecule has 3 unspecified atom stereocenters. The van der Waals surface area contributed by atoms with Crippen LogP contribution < -0.4 is 20.1 Å². The Morgan fingerprint density at radius 3 is 2.37 bits per heavy atom. The van der Waals surface area contributed by atoms with Crippen LogP contribution in [0.25, 0.3) is 0 Å². The van der Waals surface area contributed by atoms with Crippen molar-refractivity contribution in [3.05, 3.63) is 58.6 Å². The Hall–Kier alpha value is -2.42. The van der Waals surface area contributed by atoms with Gasteiger partial charge in [-0.15, -0.1) is 0 Å². The van der Waals surface area contributed by atoms with Gasteiger partial charge in [0.05, 0.1) is 5.02 Å². The highest BCUT2D eigenvalue weighted by molar-refractivity contribution is 6.30. The maximum absolute atomic E-state index is 13.6. The van der Waals surface area contributed by atoms with Gasteiger partial charge in [-0.1, -0.05) is 31.5 Å². The second-order valence-corrected chi connectivity index (χ2v) is 9.77. The summed E-state index contributed by atoms with van der Waals surface area (Å²) in [5.41, 5.74) is 0.541. The molecule has 1 saturated carbocycles. The number of benzene rings is 2. The quantitative estimate of drug-likeness (QED) is 0.445. The lowest BCUT2D eigenvalue weighted by atomic mass is 9.76. The third kappa shape index (κ3) is 8.05. The average molecular weight is 511 g/mol. The zero-order chi connectivity index (χ0) is 25.5. The monoisotopic (exact) mass is 510 g/mol. The molecule has 0 radical (unpaired) electrons. The van der Waals surface area contributed by atoms with Crippen molar-refractivity contribution in [3.63, 3.8) is 0 Å². The van der Waals surface area contributed by atoms with E-state index in [1.165, 1.54) is 18.2 Å². The molecule has 0 spiro atoms. The third-order valence-corrected chi connectivity index (χ3v) is 6.66. The van der Waals surface area contributed by atoms with Crippen LogP contribution in [0.1, 0.15) is 32.3 Å². The SMILES string of the molecule is Cc1ccc(OCC(O)CNC2CC(C)C(NC(=O)COc3ccc(Cl)c(F)c3)C(C)C2)cc1F.